The summed E-state index contributed by atoms with van der Waals surface area (Å²) in [5.74, 6) is 1.71. The Hall–Kier alpha value is -1.12. The molecule has 0 bridgehead atoms. The molecule has 0 aliphatic carbocycles. The summed E-state index contributed by atoms with van der Waals surface area (Å²) in [6.45, 7) is 6.76. The molecule has 1 aliphatic rings. The predicted molar refractivity (Wildman–Crippen MR) is 66.8 cm³/mol. The molecule has 1 aromatic rings. The molecule has 0 aromatic carbocycles. The molecule has 1 aromatic heterocycles. The molecule has 0 N–H and O–H groups in total. The zero-order valence-corrected chi connectivity index (χ0v) is 10.3. The molecule has 0 amide bonds. The van der Waals surface area contributed by atoms with Crippen LogP contribution in [0.2, 0.25) is 0 Å². The van der Waals surface area contributed by atoms with Gasteiger partial charge in [-0.15, -0.1) is 0 Å². The van der Waals surface area contributed by atoms with Gasteiger partial charge < -0.3 is 4.90 Å². The largest absolute Gasteiger partial charge is 0.357 e. The van der Waals surface area contributed by atoms with E-state index in [1.165, 1.54) is 18.5 Å². The van der Waals surface area contributed by atoms with Gasteiger partial charge in [-0.3, -0.25) is 0 Å². The Morgan fingerprint density at radius 1 is 1.19 bits per heavy atom. The first-order valence-corrected chi connectivity index (χ1v) is 6.42. The zero-order valence-electron chi connectivity index (χ0n) is 10.3. The lowest BCUT2D eigenvalue weighted by molar-refractivity contribution is 0.620. The summed E-state index contributed by atoms with van der Waals surface area (Å²) in [6.07, 6.45) is 6.63. The third kappa shape index (κ3) is 2.34. The van der Waals surface area contributed by atoms with Crippen LogP contribution in [0.25, 0.3) is 0 Å². The summed E-state index contributed by atoms with van der Waals surface area (Å²) in [5, 5.41) is 0. The van der Waals surface area contributed by atoms with Gasteiger partial charge >= 0.3 is 0 Å². The van der Waals surface area contributed by atoms with Crippen LogP contribution in [-0.4, -0.2) is 23.1 Å². The SMILES string of the molecule is CCC(CC)c1cc(N2CCCC2)ncn1. The Bertz CT molecular complexity index is 310. The number of nitrogens with zero attached hydrogens (tertiary/aromatic N) is 3. The maximum absolute atomic E-state index is 4.42. The molecule has 0 radical (unpaired) electrons. The summed E-state index contributed by atoms with van der Waals surface area (Å²) >= 11 is 0. The van der Waals surface area contributed by atoms with Gasteiger partial charge in [-0.1, -0.05) is 13.8 Å². The van der Waals surface area contributed by atoms with Crippen LogP contribution in [-0.2, 0) is 0 Å². The minimum absolute atomic E-state index is 0.587. The fraction of sp³-hybridized carbons (Fsp3) is 0.692. The van der Waals surface area contributed by atoms with Gasteiger partial charge in [-0.25, -0.2) is 9.97 Å². The molecule has 0 spiro atoms. The average Bonchev–Trinajstić information content (AvgIpc) is 2.85. The van der Waals surface area contributed by atoms with E-state index in [0.29, 0.717) is 5.92 Å². The quantitative estimate of drug-likeness (QED) is 0.779. The zero-order chi connectivity index (χ0) is 11.4. The normalized spacial score (nSPS) is 16.1. The number of hydrogen-bond acceptors (Lipinski definition) is 3. The second-order valence-corrected chi connectivity index (χ2v) is 4.51. The molecule has 0 saturated carbocycles. The third-order valence-electron chi connectivity index (χ3n) is 3.51. The van der Waals surface area contributed by atoms with Crippen LogP contribution >= 0.6 is 0 Å². The van der Waals surface area contributed by atoms with Crippen LogP contribution < -0.4 is 4.90 Å². The molecule has 2 rings (SSSR count). The summed E-state index contributed by atoms with van der Waals surface area (Å²) in [7, 11) is 0. The number of anilines is 1. The predicted octanol–water partition coefficient (Wildman–Crippen LogP) is 2.98. The van der Waals surface area contributed by atoms with Gasteiger partial charge in [0.05, 0.1) is 0 Å². The van der Waals surface area contributed by atoms with Crippen molar-refractivity contribution in [1.29, 1.82) is 0 Å². The Morgan fingerprint density at radius 2 is 1.88 bits per heavy atom. The standard InChI is InChI=1S/C13H21N3/c1-3-11(4-2)12-9-13(15-10-14-12)16-7-5-6-8-16/h9-11H,3-8H2,1-2H3. The van der Waals surface area contributed by atoms with Gasteiger partial charge in [-0.05, 0) is 25.7 Å². The van der Waals surface area contributed by atoms with Crippen LogP contribution in [0.15, 0.2) is 12.4 Å². The first-order chi connectivity index (χ1) is 7.85. The van der Waals surface area contributed by atoms with Crippen LogP contribution in [0, 0.1) is 0 Å². The van der Waals surface area contributed by atoms with Gasteiger partial charge in [0.25, 0.3) is 0 Å². The summed E-state index contributed by atoms with van der Waals surface area (Å²) in [4.78, 5) is 11.2. The molecule has 1 saturated heterocycles. The molecular formula is C13H21N3. The van der Waals surface area contributed by atoms with Crippen LogP contribution in [0.1, 0.15) is 51.1 Å². The second-order valence-electron chi connectivity index (χ2n) is 4.51. The first kappa shape index (κ1) is 11.4. The lowest BCUT2D eigenvalue weighted by Crippen LogP contribution is -2.19. The van der Waals surface area contributed by atoms with Crippen molar-refractivity contribution in [2.75, 3.05) is 18.0 Å². The van der Waals surface area contributed by atoms with E-state index in [0.717, 1.165) is 31.7 Å². The Balaban J connectivity index is 2.18. The van der Waals surface area contributed by atoms with E-state index >= 15 is 0 Å². The van der Waals surface area contributed by atoms with E-state index in [1.54, 1.807) is 6.33 Å². The minimum Gasteiger partial charge on any atom is -0.357 e. The molecule has 16 heavy (non-hydrogen) atoms. The fourth-order valence-electron chi connectivity index (χ4n) is 2.41. The number of rotatable bonds is 4. The molecular weight excluding hydrogens is 198 g/mol. The van der Waals surface area contributed by atoms with Crippen molar-refractivity contribution in [3.05, 3.63) is 18.1 Å². The van der Waals surface area contributed by atoms with Crippen LogP contribution in [0.4, 0.5) is 5.82 Å². The highest BCUT2D eigenvalue weighted by Gasteiger charge is 2.16. The second kappa shape index (κ2) is 5.28. The van der Waals surface area contributed by atoms with Crippen molar-refractivity contribution in [2.24, 2.45) is 0 Å². The molecule has 3 heteroatoms. The summed E-state index contributed by atoms with van der Waals surface area (Å²) in [6, 6.07) is 2.18. The van der Waals surface area contributed by atoms with E-state index in [2.05, 4.69) is 34.8 Å². The summed E-state index contributed by atoms with van der Waals surface area (Å²) in [5.41, 5.74) is 1.21. The first-order valence-electron chi connectivity index (χ1n) is 6.42. The van der Waals surface area contributed by atoms with Crippen molar-refractivity contribution in [3.63, 3.8) is 0 Å². The topological polar surface area (TPSA) is 29.0 Å². The third-order valence-corrected chi connectivity index (χ3v) is 3.51. The summed E-state index contributed by atoms with van der Waals surface area (Å²) < 4.78 is 0. The van der Waals surface area contributed by atoms with Gasteiger partial charge in [0.2, 0.25) is 0 Å². The molecule has 3 nitrogen and oxygen atoms in total. The van der Waals surface area contributed by atoms with E-state index in [-0.39, 0.29) is 0 Å². The Labute approximate surface area is 97.9 Å². The fourth-order valence-corrected chi connectivity index (χ4v) is 2.41. The average molecular weight is 219 g/mol. The highest BCUT2D eigenvalue weighted by atomic mass is 15.2. The maximum Gasteiger partial charge on any atom is 0.132 e. The number of hydrogen-bond donors (Lipinski definition) is 0. The minimum atomic E-state index is 0.587. The van der Waals surface area contributed by atoms with Crippen molar-refractivity contribution >= 4 is 5.82 Å². The van der Waals surface area contributed by atoms with Gasteiger partial charge in [0, 0.05) is 30.8 Å². The van der Waals surface area contributed by atoms with Gasteiger partial charge in [0.1, 0.15) is 12.1 Å². The molecule has 1 fully saturated rings. The molecule has 1 aliphatic heterocycles. The van der Waals surface area contributed by atoms with Crippen LogP contribution in [0.5, 0.6) is 0 Å². The van der Waals surface area contributed by atoms with E-state index in [4.69, 9.17) is 0 Å². The maximum atomic E-state index is 4.42. The Kier molecular flexibility index (Phi) is 3.75. The molecule has 0 unspecified atom stereocenters. The highest BCUT2D eigenvalue weighted by molar-refractivity contribution is 5.40. The van der Waals surface area contributed by atoms with E-state index in [9.17, 15) is 0 Å². The number of aromatic nitrogens is 2. The van der Waals surface area contributed by atoms with Gasteiger partial charge in [-0.2, -0.15) is 0 Å². The lowest BCUT2D eigenvalue weighted by Gasteiger charge is -2.18. The highest BCUT2D eigenvalue weighted by Crippen LogP contribution is 2.24. The van der Waals surface area contributed by atoms with Crippen molar-refractivity contribution in [1.82, 2.24) is 9.97 Å². The van der Waals surface area contributed by atoms with Gasteiger partial charge in [0.15, 0.2) is 0 Å². The monoisotopic (exact) mass is 219 g/mol. The lowest BCUT2D eigenvalue weighted by atomic mass is 9.99. The molecule has 0 atom stereocenters. The van der Waals surface area contributed by atoms with Crippen molar-refractivity contribution in [2.45, 2.75) is 45.4 Å². The Morgan fingerprint density at radius 3 is 2.50 bits per heavy atom. The molecule has 2 heterocycles. The smallest absolute Gasteiger partial charge is 0.132 e. The van der Waals surface area contributed by atoms with Crippen LogP contribution in [0.3, 0.4) is 0 Å². The van der Waals surface area contributed by atoms with E-state index in [1.807, 2.05) is 0 Å². The molecule has 88 valence electrons. The van der Waals surface area contributed by atoms with Crippen molar-refractivity contribution in [3.8, 4) is 0 Å². The van der Waals surface area contributed by atoms with E-state index < -0.39 is 0 Å². The van der Waals surface area contributed by atoms with Crippen molar-refractivity contribution < 1.29 is 0 Å².